The molecule has 5 heteroatoms. The zero-order valence-corrected chi connectivity index (χ0v) is 20.1. The highest BCUT2D eigenvalue weighted by Crippen LogP contribution is 2.59. The molecule has 4 aromatic rings. The normalized spacial score (nSPS) is 16.7. The van der Waals surface area contributed by atoms with Gasteiger partial charge in [-0.3, -0.25) is 0 Å². The lowest BCUT2D eigenvalue weighted by atomic mass is 9.76. The highest BCUT2D eigenvalue weighted by Gasteiger charge is 2.56. The van der Waals surface area contributed by atoms with Crippen LogP contribution in [0.3, 0.4) is 0 Å². The molecule has 1 fully saturated rings. The van der Waals surface area contributed by atoms with Gasteiger partial charge in [-0.15, -0.1) is 0 Å². The quantitative estimate of drug-likeness (QED) is 0.327. The first-order valence-corrected chi connectivity index (χ1v) is 12.5. The second-order valence-corrected chi connectivity index (χ2v) is 9.69. The van der Waals surface area contributed by atoms with Crippen LogP contribution in [0.25, 0.3) is 0 Å². The van der Waals surface area contributed by atoms with Crippen molar-refractivity contribution in [1.29, 1.82) is 0 Å². The number of hydrogen-bond donors (Lipinski definition) is 1. The van der Waals surface area contributed by atoms with Crippen molar-refractivity contribution in [3.8, 4) is 11.5 Å². The van der Waals surface area contributed by atoms with Gasteiger partial charge < -0.3 is 19.7 Å². The molecule has 0 radical (unpaired) electrons. The summed E-state index contributed by atoms with van der Waals surface area (Å²) < 4.78 is 12.9. The highest BCUT2D eigenvalue weighted by atomic mass is 16.6. The van der Waals surface area contributed by atoms with Crippen molar-refractivity contribution in [1.82, 2.24) is 0 Å². The number of ether oxygens (including phenoxy) is 2. The minimum atomic E-state index is -1.12. The van der Waals surface area contributed by atoms with E-state index in [-0.39, 0.29) is 5.97 Å². The molecular formula is C31H26N2O3. The van der Waals surface area contributed by atoms with Crippen molar-refractivity contribution >= 4 is 23.0 Å². The number of para-hydroxylation sites is 3. The third-order valence-electron chi connectivity index (χ3n) is 7.55. The molecule has 4 aromatic carbocycles. The summed E-state index contributed by atoms with van der Waals surface area (Å²) in [5, 5.41) is 3.65. The van der Waals surface area contributed by atoms with E-state index in [0.29, 0.717) is 17.1 Å². The first kappa shape index (κ1) is 21.1. The Morgan fingerprint density at radius 2 is 1.44 bits per heavy atom. The first-order valence-electron chi connectivity index (χ1n) is 12.5. The maximum absolute atomic E-state index is 13.9. The number of nitrogens with zero attached hydrogens (tertiary/aromatic N) is 1. The van der Waals surface area contributed by atoms with Gasteiger partial charge in [0, 0.05) is 35.5 Å². The second kappa shape index (κ2) is 7.89. The zero-order chi connectivity index (χ0) is 24.3. The Balaban J connectivity index is 1.58. The fraction of sp³-hybridized carbons (Fsp3) is 0.194. The first-order chi connectivity index (χ1) is 17.7. The summed E-state index contributed by atoms with van der Waals surface area (Å²) in [5.41, 5.74) is 5.95. The lowest BCUT2D eigenvalue weighted by Crippen LogP contribution is -2.33. The Morgan fingerprint density at radius 1 is 0.833 bits per heavy atom. The number of fused-ring (bicyclic) bond motifs is 6. The van der Waals surface area contributed by atoms with E-state index in [1.165, 1.54) is 0 Å². The number of carbonyl (C=O) groups excluding carboxylic acids is 1. The topological polar surface area (TPSA) is 50.8 Å². The molecule has 0 unspecified atom stereocenters. The van der Waals surface area contributed by atoms with Crippen LogP contribution < -0.4 is 15.0 Å². The van der Waals surface area contributed by atoms with Crippen LogP contribution in [0.5, 0.6) is 11.5 Å². The molecule has 3 heterocycles. The predicted molar refractivity (Wildman–Crippen MR) is 141 cm³/mol. The summed E-state index contributed by atoms with van der Waals surface area (Å²) in [6.45, 7) is 3.99. The molecule has 3 aliphatic heterocycles. The van der Waals surface area contributed by atoms with Crippen molar-refractivity contribution in [3.05, 3.63) is 113 Å². The lowest BCUT2D eigenvalue weighted by Gasteiger charge is -2.37. The minimum Gasteiger partial charge on any atom is -0.456 e. The van der Waals surface area contributed by atoms with Crippen LogP contribution >= 0.6 is 0 Å². The average molecular weight is 475 g/mol. The van der Waals surface area contributed by atoms with Gasteiger partial charge in [-0.1, -0.05) is 54.6 Å². The molecule has 178 valence electrons. The second-order valence-electron chi connectivity index (χ2n) is 9.69. The SMILES string of the molecule is Cc1cc(N2CCCC2)c2c(c1Nc1ccccc1)C1(OC2=O)c2ccccc2Oc2ccccc21. The van der Waals surface area contributed by atoms with Crippen LogP contribution in [0.1, 0.15) is 45.5 Å². The van der Waals surface area contributed by atoms with Gasteiger partial charge in [-0.2, -0.15) is 0 Å². The van der Waals surface area contributed by atoms with Gasteiger partial charge in [-0.25, -0.2) is 4.79 Å². The third kappa shape index (κ3) is 2.92. The van der Waals surface area contributed by atoms with Crippen molar-refractivity contribution in [2.45, 2.75) is 25.4 Å². The summed E-state index contributed by atoms with van der Waals surface area (Å²) >= 11 is 0. The van der Waals surface area contributed by atoms with Crippen molar-refractivity contribution in [2.24, 2.45) is 0 Å². The van der Waals surface area contributed by atoms with E-state index in [2.05, 4.69) is 23.2 Å². The molecule has 0 bridgehead atoms. The van der Waals surface area contributed by atoms with E-state index in [1.54, 1.807) is 0 Å². The van der Waals surface area contributed by atoms with E-state index >= 15 is 0 Å². The van der Waals surface area contributed by atoms with E-state index < -0.39 is 5.60 Å². The standard InChI is InChI=1S/C31H26N2O3/c1-20-19-24(33-17-9-10-18-33)27-28(29(20)32-21-11-3-2-4-12-21)31(36-30(27)34)22-13-5-7-15-25(22)35-26-16-8-6-14-23(26)31/h2-8,11-16,19,32H,9-10,17-18H2,1H3. The Labute approximate surface area is 210 Å². The number of rotatable bonds is 3. The van der Waals surface area contributed by atoms with E-state index in [0.717, 1.165) is 65.2 Å². The number of esters is 1. The van der Waals surface area contributed by atoms with Gasteiger partial charge in [0.15, 0.2) is 5.60 Å². The predicted octanol–water partition coefficient (Wildman–Crippen LogP) is 6.91. The van der Waals surface area contributed by atoms with Gasteiger partial charge >= 0.3 is 5.97 Å². The Kier molecular flexibility index (Phi) is 4.61. The summed E-state index contributed by atoms with van der Waals surface area (Å²) in [5.74, 6) is 1.10. The van der Waals surface area contributed by atoms with Gasteiger partial charge in [0.1, 0.15) is 11.5 Å². The molecule has 0 amide bonds. The monoisotopic (exact) mass is 474 g/mol. The molecule has 1 saturated heterocycles. The summed E-state index contributed by atoms with van der Waals surface area (Å²) in [7, 11) is 0. The molecule has 3 aliphatic rings. The number of carbonyl (C=O) groups is 1. The maximum atomic E-state index is 13.9. The Hall–Kier alpha value is -4.25. The molecule has 1 N–H and O–H groups in total. The minimum absolute atomic E-state index is 0.297. The van der Waals surface area contributed by atoms with Crippen LogP contribution in [0.2, 0.25) is 0 Å². The van der Waals surface area contributed by atoms with E-state index in [1.807, 2.05) is 78.9 Å². The van der Waals surface area contributed by atoms with Crippen LogP contribution in [-0.2, 0) is 10.3 Å². The molecular weight excluding hydrogens is 448 g/mol. The number of anilines is 3. The molecule has 0 aliphatic carbocycles. The number of nitrogens with one attached hydrogen (secondary N) is 1. The fourth-order valence-corrected chi connectivity index (χ4v) is 5.97. The van der Waals surface area contributed by atoms with Gasteiger partial charge in [0.2, 0.25) is 0 Å². The summed E-state index contributed by atoms with van der Waals surface area (Å²) in [6.07, 6.45) is 2.25. The van der Waals surface area contributed by atoms with Crippen LogP contribution in [-0.4, -0.2) is 19.1 Å². The van der Waals surface area contributed by atoms with Crippen molar-refractivity contribution in [3.63, 3.8) is 0 Å². The number of hydrogen-bond acceptors (Lipinski definition) is 5. The van der Waals surface area contributed by atoms with Gasteiger partial charge in [0.25, 0.3) is 0 Å². The molecule has 0 saturated carbocycles. The van der Waals surface area contributed by atoms with Crippen LogP contribution in [0, 0.1) is 6.92 Å². The zero-order valence-electron chi connectivity index (χ0n) is 20.1. The largest absolute Gasteiger partial charge is 0.456 e. The number of aryl methyl sites for hydroxylation is 1. The van der Waals surface area contributed by atoms with E-state index in [9.17, 15) is 4.79 Å². The van der Waals surface area contributed by atoms with Crippen molar-refractivity contribution in [2.75, 3.05) is 23.3 Å². The number of benzene rings is 4. The molecule has 36 heavy (non-hydrogen) atoms. The van der Waals surface area contributed by atoms with E-state index in [4.69, 9.17) is 9.47 Å². The molecule has 7 rings (SSSR count). The van der Waals surface area contributed by atoms with Crippen LogP contribution in [0.4, 0.5) is 17.1 Å². The molecule has 1 spiro atoms. The maximum Gasteiger partial charge on any atom is 0.342 e. The fourth-order valence-electron chi connectivity index (χ4n) is 5.97. The molecule has 5 nitrogen and oxygen atoms in total. The average Bonchev–Trinajstić information content (AvgIpc) is 3.54. The molecule has 0 aromatic heterocycles. The van der Waals surface area contributed by atoms with Crippen molar-refractivity contribution < 1.29 is 14.3 Å². The van der Waals surface area contributed by atoms with Gasteiger partial charge in [0.05, 0.1) is 16.9 Å². The summed E-state index contributed by atoms with van der Waals surface area (Å²) in [4.78, 5) is 16.3. The Bertz CT molecular complexity index is 1460. The highest BCUT2D eigenvalue weighted by molar-refractivity contribution is 6.05. The van der Waals surface area contributed by atoms with Crippen LogP contribution in [0.15, 0.2) is 84.9 Å². The molecule has 0 atom stereocenters. The summed E-state index contributed by atoms with van der Waals surface area (Å²) in [6, 6.07) is 28.0. The Morgan fingerprint density at radius 3 is 2.11 bits per heavy atom. The third-order valence-corrected chi connectivity index (χ3v) is 7.55. The lowest BCUT2D eigenvalue weighted by molar-refractivity contribution is 0.0226. The van der Waals surface area contributed by atoms with Gasteiger partial charge in [-0.05, 0) is 55.7 Å². The smallest absolute Gasteiger partial charge is 0.342 e.